The van der Waals surface area contributed by atoms with E-state index in [2.05, 4.69) is 47.8 Å². The van der Waals surface area contributed by atoms with E-state index in [-0.39, 0.29) is 24.2 Å². The maximum atomic E-state index is 9.59. The molecule has 0 aliphatic carbocycles. The van der Waals surface area contributed by atoms with Crippen LogP contribution in [-0.4, -0.2) is 5.11 Å². The van der Waals surface area contributed by atoms with Gasteiger partial charge in [0, 0.05) is 16.1 Å². The smallest absolute Gasteiger partial charge is 0.144 e. The van der Waals surface area contributed by atoms with E-state index >= 15 is 0 Å². The number of aromatic hydroxyl groups is 1. The molecule has 0 aliphatic heterocycles. The molecule has 0 fully saturated rings. The average molecular weight is 410 g/mol. The summed E-state index contributed by atoms with van der Waals surface area (Å²) in [5.74, 6) is 0.176. The van der Waals surface area contributed by atoms with Crippen LogP contribution in [0.25, 0.3) is 0 Å². The number of rotatable bonds is 1. The number of halogens is 4. The molecule has 1 atom stereocenters. The minimum absolute atomic E-state index is 0. The zero-order valence-corrected chi connectivity index (χ0v) is 12.8. The summed E-state index contributed by atoms with van der Waals surface area (Å²) in [5, 5.41) is 9.59. The molecular weight excluding hydrogens is 401 g/mol. The number of phenolic OH excluding ortho intramolecular Hbond substituents is 1. The van der Waals surface area contributed by atoms with Gasteiger partial charge in [0.05, 0.1) is 8.95 Å². The van der Waals surface area contributed by atoms with E-state index in [4.69, 9.17) is 5.73 Å². The largest absolute Gasteiger partial charge is 0.506 e. The normalized spacial score (nSPS) is 12.1. The molecule has 0 bridgehead atoms. The number of hydrogen-bond acceptors (Lipinski definition) is 2. The Balaban J connectivity index is 0.00000169. The Kier molecular flexibility index (Phi) is 5.99. The second-order valence-electron chi connectivity index (χ2n) is 2.71. The minimum atomic E-state index is -0.136. The first kappa shape index (κ1) is 14.7. The quantitative estimate of drug-likeness (QED) is 0.732. The number of benzene rings is 1. The van der Waals surface area contributed by atoms with Gasteiger partial charge in [-0.3, -0.25) is 0 Å². The van der Waals surface area contributed by atoms with Gasteiger partial charge in [-0.1, -0.05) is 15.9 Å². The Hall–Kier alpha value is 0.710. The molecule has 14 heavy (non-hydrogen) atoms. The van der Waals surface area contributed by atoms with Crippen LogP contribution in [0.1, 0.15) is 18.5 Å². The lowest BCUT2D eigenvalue weighted by atomic mass is 10.1. The van der Waals surface area contributed by atoms with Crippen molar-refractivity contribution in [2.45, 2.75) is 13.0 Å². The lowest BCUT2D eigenvalue weighted by Gasteiger charge is -2.13. The van der Waals surface area contributed by atoms with E-state index in [0.717, 1.165) is 10.0 Å². The van der Waals surface area contributed by atoms with Gasteiger partial charge in [-0.05, 0) is 44.8 Å². The van der Waals surface area contributed by atoms with Crippen LogP contribution in [0, 0.1) is 0 Å². The van der Waals surface area contributed by atoms with Crippen molar-refractivity contribution in [3.8, 4) is 5.75 Å². The third-order valence-corrected chi connectivity index (χ3v) is 3.70. The Morgan fingerprint density at radius 1 is 1.29 bits per heavy atom. The van der Waals surface area contributed by atoms with Crippen LogP contribution in [0.3, 0.4) is 0 Å². The summed E-state index contributed by atoms with van der Waals surface area (Å²) in [6.07, 6.45) is 0. The topological polar surface area (TPSA) is 46.2 Å². The van der Waals surface area contributed by atoms with Gasteiger partial charge in [-0.2, -0.15) is 0 Å². The number of phenols is 1. The summed E-state index contributed by atoms with van der Waals surface area (Å²) in [4.78, 5) is 0. The monoisotopic (exact) mass is 407 g/mol. The van der Waals surface area contributed by atoms with Crippen LogP contribution in [0.5, 0.6) is 5.75 Å². The fourth-order valence-electron chi connectivity index (χ4n) is 1.01. The van der Waals surface area contributed by atoms with Gasteiger partial charge in [0.1, 0.15) is 5.75 Å². The van der Waals surface area contributed by atoms with Gasteiger partial charge in [-0.15, -0.1) is 12.4 Å². The summed E-state index contributed by atoms with van der Waals surface area (Å²) >= 11 is 9.90. The molecule has 0 radical (unpaired) electrons. The maximum Gasteiger partial charge on any atom is 0.144 e. The van der Waals surface area contributed by atoms with E-state index in [1.807, 2.05) is 6.92 Å². The lowest BCUT2D eigenvalue weighted by molar-refractivity contribution is 0.466. The van der Waals surface area contributed by atoms with Gasteiger partial charge in [-0.25, -0.2) is 0 Å². The number of nitrogens with two attached hydrogens (primary N) is 1. The molecule has 0 saturated heterocycles. The van der Waals surface area contributed by atoms with E-state index < -0.39 is 0 Å². The molecule has 1 aromatic carbocycles. The molecule has 2 nitrogen and oxygen atoms in total. The molecule has 1 rings (SSSR count). The molecule has 1 aromatic rings. The summed E-state index contributed by atoms with van der Waals surface area (Å²) in [6.45, 7) is 1.86. The second-order valence-corrected chi connectivity index (χ2v) is 5.21. The summed E-state index contributed by atoms with van der Waals surface area (Å²) in [5.41, 5.74) is 6.61. The van der Waals surface area contributed by atoms with Gasteiger partial charge in [0.2, 0.25) is 0 Å². The minimum Gasteiger partial charge on any atom is -0.506 e. The van der Waals surface area contributed by atoms with Gasteiger partial charge >= 0.3 is 0 Å². The zero-order valence-electron chi connectivity index (χ0n) is 7.22. The van der Waals surface area contributed by atoms with Crippen molar-refractivity contribution in [2.75, 3.05) is 0 Å². The predicted octanol–water partition coefficient (Wildman–Crippen LogP) is 4.12. The molecule has 0 spiro atoms. The second kappa shape index (κ2) is 5.70. The SMILES string of the molecule is C[C@H](N)c1c(Br)cc(Br)c(O)c1Br.Cl. The van der Waals surface area contributed by atoms with Crippen LogP contribution in [0.2, 0.25) is 0 Å². The van der Waals surface area contributed by atoms with Crippen LogP contribution < -0.4 is 5.73 Å². The lowest BCUT2D eigenvalue weighted by Crippen LogP contribution is -2.06. The van der Waals surface area contributed by atoms with Gasteiger partial charge in [0.25, 0.3) is 0 Å². The average Bonchev–Trinajstić information content (AvgIpc) is 1.99. The summed E-state index contributed by atoms with van der Waals surface area (Å²) < 4.78 is 2.14. The van der Waals surface area contributed by atoms with Crippen LogP contribution in [-0.2, 0) is 0 Å². The molecule has 0 aliphatic rings. The van der Waals surface area contributed by atoms with Crippen LogP contribution >= 0.6 is 60.2 Å². The first-order valence-electron chi connectivity index (χ1n) is 3.57. The Bertz CT molecular complexity index is 344. The molecular formula is C8H9Br3ClNO. The molecule has 0 heterocycles. The van der Waals surface area contributed by atoms with Crippen molar-refractivity contribution in [1.29, 1.82) is 0 Å². The van der Waals surface area contributed by atoms with Crippen molar-refractivity contribution in [3.05, 3.63) is 25.0 Å². The summed E-state index contributed by atoms with van der Waals surface area (Å²) in [6, 6.07) is 1.64. The molecule has 0 amide bonds. The van der Waals surface area contributed by atoms with Gasteiger partial charge < -0.3 is 10.8 Å². The van der Waals surface area contributed by atoms with Crippen molar-refractivity contribution in [2.24, 2.45) is 5.73 Å². The van der Waals surface area contributed by atoms with Crippen LogP contribution in [0.4, 0.5) is 0 Å². The highest BCUT2D eigenvalue weighted by atomic mass is 79.9. The highest BCUT2D eigenvalue weighted by molar-refractivity contribution is 9.11. The Labute approximate surface area is 114 Å². The molecule has 0 aromatic heterocycles. The Morgan fingerprint density at radius 2 is 1.79 bits per heavy atom. The molecule has 0 saturated carbocycles. The number of hydrogen-bond donors (Lipinski definition) is 2. The molecule has 0 unspecified atom stereocenters. The van der Waals surface area contributed by atoms with E-state index in [1.165, 1.54) is 0 Å². The zero-order chi connectivity index (χ0) is 10.2. The van der Waals surface area contributed by atoms with Crippen molar-refractivity contribution >= 4 is 60.2 Å². The highest BCUT2D eigenvalue weighted by Gasteiger charge is 2.15. The predicted molar refractivity (Wildman–Crippen MR) is 71.1 cm³/mol. The van der Waals surface area contributed by atoms with Crippen molar-refractivity contribution < 1.29 is 5.11 Å². The van der Waals surface area contributed by atoms with E-state index in [0.29, 0.717) is 8.95 Å². The van der Waals surface area contributed by atoms with E-state index in [1.54, 1.807) is 6.07 Å². The molecule has 3 N–H and O–H groups in total. The van der Waals surface area contributed by atoms with Crippen LogP contribution in [0.15, 0.2) is 19.5 Å². The van der Waals surface area contributed by atoms with Crippen molar-refractivity contribution in [1.82, 2.24) is 0 Å². The fourth-order valence-corrected chi connectivity index (χ4v) is 3.85. The Morgan fingerprint density at radius 3 is 2.21 bits per heavy atom. The third-order valence-electron chi connectivity index (χ3n) is 1.64. The standard InChI is InChI=1S/C8H8Br3NO.ClH/c1-3(12)6-4(9)2-5(10)8(13)7(6)11;/h2-3,13H,12H2,1H3;1H/t3-;/m0./s1. The first-order valence-corrected chi connectivity index (χ1v) is 5.95. The third kappa shape index (κ3) is 2.85. The molecule has 6 heteroatoms. The fraction of sp³-hybridized carbons (Fsp3) is 0.250. The summed E-state index contributed by atoms with van der Waals surface area (Å²) in [7, 11) is 0. The molecule has 80 valence electrons. The van der Waals surface area contributed by atoms with Gasteiger partial charge in [0.15, 0.2) is 0 Å². The van der Waals surface area contributed by atoms with Crippen molar-refractivity contribution in [3.63, 3.8) is 0 Å². The van der Waals surface area contributed by atoms with E-state index in [9.17, 15) is 5.11 Å². The maximum absolute atomic E-state index is 9.59. The highest BCUT2D eigenvalue weighted by Crippen LogP contribution is 2.41. The first-order chi connectivity index (χ1) is 5.95.